The first-order chi connectivity index (χ1) is 8.77. The Bertz CT molecular complexity index is 520. The van der Waals surface area contributed by atoms with Crippen molar-refractivity contribution in [3.63, 3.8) is 0 Å². The molecule has 1 aromatic carbocycles. The standard InChI is InChI=1S/C14H18FN3/c1-3-18-14(11(10-17-18)8-9-16-2)12-6-4-5-7-13(12)15/h4-7,10,16H,3,8-9H2,1-2H3. The van der Waals surface area contributed by atoms with E-state index in [1.807, 2.05) is 30.9 Å². The second-order valence-electron chi connectivity index (χ2n) is 4.17. The van der Waals surface area contributed by atoms with Gasteiger partial charge in [0, 0.05) is 12.1 Å². The smallest absolute Gasteiger partial charge is 0.132 e. The van der Waals surface area contributed by atoms with Gasteiger partial charge in [0.2, 0.25) is 0 Å². The maximum Gasteiger partial charge on any atom is 0.132 e. The van der Waals surface area contributed by atoms with Crippen molar-refractivity contribution in [2.45, 2.75) is 19.9 Å². The van der Waals surface area contributed by atoms with E-state index in [1.165, 1.54) is 6.07 Å². The Labute approximate surface area is 107 Å². The van der Waals surface area contributed by atoms with E-state index in [-0.39, 0.29) is 5.82 Å². The number of benzene rings is 1. The number of aryl methyl sites for hydroxylation is 1. The summed E-state index contributed by atoms with van der Waals surface area (Å²) in [7, 11) is 1.91. The summed E-state index contributed by atoms with van der Waals surface area (Å²) in [6.45, 7) is 3.61. The lowest BCUT2D eigenvalue weighted by atomic mass is 10.1. The molecule has 0 saturated heterocycles. The quantitative estimate of drug-likeness (QED) is 0.879. The van der Waals surface area contributed by atoms with Crippen molar-refractivity contribution in [2.24, 2.45) is 0 Å². The Morgan fingerprint density at radius 3 is 2.78 bits per heavy atom. The molecular formula is C14H18FN3. The molecule has 0 radical (unpaired) electrons. The van der Waals surface area contributed by atoms with Crippen molar-refractivity contribution < 1.29 is 4.39 Å². The Morgan fingerprint density at radius 1 is 1.33 bits per heavy atom. The van der Waals surface area contributed by atoms with Crippen LogP contribution in [0.2, 0.25) is 0 Å². The molecule has 96 valence electrons. The first-order valence-electron chi connectivity index (χ1n) is 6.22. The number of nitrogens with one attached hydrogen (secondary N) is 1. The molecule has 0 spiro atoms. The summed E-state index contributed by atoms with van der Waals surface area (Å²) >= 11 is 0. The molecule has 1 heterocycles. The van der Waals surface area contributed by atoms with Gasteiger partial charge in [-0.2, -0.15) is 5.10 Å². The molecule has 2 rings (SSSR count). The zero-order valence-corrected chi connectivity index (χ0v) is 10.8. The normalized spacial score (nSPS) is 10.8. The summed E-state index contributed by atoms with van der Waals surface area (Å²) in [5, 5.41) is 7.43. The van der Waals surface area contributed by atoms with Crippen LogP contribution in [-0.2, 0) is 13.0 Å². The van der Waals surface area contributed by atoms with Crippen molar-refractivity contribution >= 4 is 0 Å². The van der Waals surface area contributed by atoms with Crippen molar-refractivity contribution in [2.75, 3.05) is 13.6 Å². The highest BCUT2D eigenvalue weighted by Gasteiger charge is 2.14. The Kier molecular flexibility index (Phi) is 4.10. The summed E-state index contributed by atoms with van der Waals surface area (Å²) in [4.78, 5) is 0. The number of rotatable bonds is 5. The number of halogens is 1. The molecule has 0 bridgehead atoms. The van der Waals surface area contributed by atoms with Gasteiger partial charge >= 0.3 is 0 Å². The molecule has 1 N–H and O–H groups in total. The van der Waals surface area contributed by atoms with E-state index in [1.54, 1.807) is 12.1 Å². The first-order valence-corrected chi connectivity index (χ1v) is 6.22. The molecule has 0 aliphatic heterocycles. The zero-order valence-electron chi connectivity index (χ0n) is 10.8. The van der Waals surface area contributed by atoms with Gasteiger partial charge in [-0.15, -0.1) is 0 Å². The summed E-state index contributed by atoms with van der Waals surface area (Å²) in [6.07, 6.45) is 2.68. The fraction of sp³-hybridized carbons (Fsp3) is 0.357. The third kappa shape index (κ3) is 2.43. The van der Waals surface area contributed by atoms with Gasteiger partial charge in [-0.3, -0.25) is 4.68 Å². The molecule has 18 heavy (non-hydrogen) atoms. The molecule has 0 aliphatic carbocycles. The molecule has 1 aromatic heterocycles. The predicted molar refractivity (Wildman–Crippen MR) is 70.9 cm³/mol. The lowest BCUT2D eigenvalue weighted by Gasteiger charge is -2.09. The summed E-state index contributed by atoms with van der Waals surface area (Å²) < 4.78 is 15.8. The Balaban J connectivity index is 2.47. The van der Waals surface area contributed by atoms with Gasteiger partial charge < -0.3 is 5.32 Å². The Morgan fingerprint density at radius 2 is 2.11 bits per heavy atom. The van der Waals surface area contributed by atoms with E-state index >= 15 is 0 Å². The van der Waals surface area contributed by atoms with Crippen molar-refractivity contribution in [3.8, 4) is 11.3 Å². The maximum absolute atomic E-state index is 13.9. The summed E-state index contributed by atoms with van der Waals surface area (Å²) in [5.74, 6) is -0.196. The molecule has 3 nitrogen and oxygen atoms in total. The third-order valence-corrected chi connectivity index (χ3v) is 2.99. The van der Waals surface area contributed by atoms with Crippen LogP contribution in [0.1, 0.15) is 12.5 Å². The van der Waals surface area contributed by atoms with Crippen LogP contribution >= 0.6 is 0 Å². The molecular weight excluding hydrogens is 229 g/mol. The van der Waals surface area contributed by atoms with Gasteiger partial charge in [0.05, 0.1) is 11.9 Å². The second-order valence-corrected chi connectivity index (χ2v) is 4.17. The highest BCUT2D eigenvalue weighted by molar-refractivity contribution is 5.64. The van der Waals surface area contributed by atoms with Gasteiger partial charge in [0.25, 0.3) is 0 Å². The first kappa shape index (κ1) is 12.8. The van der Waals surface area contributed by atoms with Crippen LogP contribution in [0.5, 0.6) is 0 Å². The van der Waals surface area contributed by atoms with Crippen LogP contribution in [-0.4, -0.2) is 23.4 Å². The molecule has 0 saturated carbocycles. The molecule has 0 aliphatic rings. The number of nitrogens with zero attached hydrogens (tertiary/aromatic N) is 2. The number of likely N-dealkylation sites (N-methyl/N-ethyl adjacent to an activating group) is 1. The van der Waals surface area contributed by atoms with Crippen LogP contribution in [0.4, 0.5) is 4.39 Å². The van der Waals surface area contributed by atoms with E-state index in [4.69, 9.17) is 0 Å². The van der Waals surface area contributed by atoms with Gasteiger partial charge in [-0.1, -0.05) is 12.1 Å². The van der Waals surface area contributed by atoms with E-state index in [0.717, 1.165) is 30.8 Å². The zero-order chi connectivity index (χ0) is 13.0. The Hall–Kier alpha value is -1.68. The molecule has 2 aromatic rings. The summed E-state index contributed by atoms with van der Waals surface area (Å²) in [5.41, 5.74) is 2.60. The van der Waals surface area contributed by atoms with Crippen molar-refractivity contribution in [3.05, 3.63) is 41.8 Å². The SMILES string of the molecule is CCn1ncc(CCNC)c1-c1ccccc1F. The van der Waals surface area contributed by atoms with Crippen LogP contribution < -0.4 is 5.32 Å². The van der Waals surface area contributed by atoms with Crippen molar-refractivity contribution in [1.29, 1.82) is 0 Å². The predicted octanol–water partition coefficient (Wildman–Crippen LogP) is 2.47. The second kappa shape index (κ2) is 5.78. The minimum Gasteiger partial charge on any atom is -0.319 e. The highest BCUT2D eigenvalue weighted by atomic mass is 19.1. The molecule has 0 amide bonds. The van der Waals surface area contributed by atoms with Crippen LogP contribution in [0.3, 0.4) is 0 Å². The average molecular weight is 247 g/mol. The van der Waals surface area contributed by atoms with Crippen LogP contribution in [0, 0.1) is 5.82 Å². The minimum absolute atomic E-state index is 0.196. The van der Waals surface area contributed by atoms with Gasteiger partial charge in [0.15, 0.2) is 0 Å². The fourth-order valence-electron chi connectivity index (χ4n) is 2.07. The molecule has 0 fully saturated rings. The lowest BCUT2D eigenvalue weighted by Crippen LogP contribution is -2.11. The van der Waals surface area contributed by atoms with Gasteiger partial charge in [-0.25, -0.2) is 4.39 Å². The van der Waals surface area contributed by atoms with Crippen molar-refractivity contribution in [1.82, 2.24) is 15.1 Å². The van der Waals surface area contributed by atoms with Crippen LogP contribution in [0.25, 0.3) is 11.3 Å². The number of hydrogen-bond acceptors (Lipinski definition) is 2. The van der Waals surface area contributed by atoms with E-state index in [9.17, 15) is 4.39 Å². The monoisotopic (exact) mass is 247 g/mol. The lowest BCUT2D eigenvalue weighted by molar-refractivity contribution is 0.621. The van der Waals surface area contributed by atoms with E-state index < -0.39 is 0 Å². The molecule has 0 unspecified atom stereocenters. The fourth-order valence-corrected chi connectivity index (χ4v) is 2.07. The van der Waals surface area contributed by atoms with Crippen LogP contribution in [0.15, 0.2) is 30.5 Å². The molecule has 4 heteroatoms. The highest BCUT2D eigenvalue weighted by Crippen LogP contribution is 2.26. The number of hydrogen-bond donors (Lipinski definition) is 1. The number of aromatic nitrogens is 2. The average Bonchev–Trinajstić information content (AvgIpc) is 2.79. The maximum atomic E-state index is 13.9. The third-order valence-electron chi connectivity index (χ3n) is 2.99. The molecule has 0 atom stereocenters. The van der Waals surface area contributed by atoms with E-state index in [2.05, 4.69) is 10.4 Å². The minimum atomic E-state index is -0.196. The largest absolute Gasteiger partial charge is 0.319 e. The van der Waals surface area contributed by atoms with E-state index in [0.29, 0.717) is 5.56 Å². The summed E-state index contributed by atoms with van der Waals surface area (Å²) in [6, 6.07) is 6.86. The van der Waals surface area contributed by atoms with Gasteiger partial charge in [-0.05, 0) is 44.6 Å². The van der Waals surface area contributed by atoms with Gasteiger partial charge in [0.1, 0.15) is 5.82 Å². The topological polar surface area (TPSA) is 29.9 Å².